The molecule has 1 amide bonds. The number of rotatable bonds is 8. The fourth-order valence-electron chi connectivity index (χ4n) is 3.30. The molecule has 0 radical (unpaired) electrons. The Hall–Kier alpha value is -1.77. The summed E-state index contributed by atoms with van der Waals surface area (Å²) in [5.74, 6) is -0.699. The van der Waals surface area contributed by atoms with Crippen molar-refractivity contribution >= 4 is 26.0 Å². The van der Waals surface area contributed by atoms with Gasteiger partial charge in [-0.3, -0.25) is 4.79 Å². The third-order valence-corrected chi connectivity index (χ3v) is 8.80. The molecule has 0 aliphatic carbocycles. The summed E-state index contributed by atoms with van der Waals surface area (Å²) in [6.07, 6.45) is 0. The van der Waals surface area contributed by atoms with Gasteiger partial charge >= 0.3 is 0 Å². The standard InChI is InChI=1S/C18H27N3O8S2/c1-27-17-3-2-15(31(25,26)21-7-11-29-12-8-21)14-16(17)18(22)19-4-13-30(23,24)20-5-9-28-10-6-20/h2-3,14H,4-13H2,1H3,(H,19,22). The summed E-state index contributed by atoms with van der Waals surface area (Å²) in [6.45, 7) is 2.20. The molecule has 0 saturated carbocycles. The van der Waals surface area contributed by atoms with Gasteiger partial charge in [-0.2, -0.15) is 8.61 Å². The molecule has 1 aromatic rings. The van der Waals surface area contributed by atoms with Crippen molar-refractivity contribution in [3.05, 3.63) is 23.8 Å². The van der Waals surface area contributed by atoms with Crippen LogP contribution in [0.1, 0.15) is 10.4 Å². The van der Waals surface area contributed by atoms with Gasteiger partial charge in [0.25, 0.3) is 5.91 Å². The minimum atomic E-state index is -3.80. The Labute approximate surface area is 182 Å². The van der Waals surface area contributed by atoms with Crippen molar-refractivity contribution in [2.75, 3.05) is 72.0 Å². The van der Waals surface area contributed by atoms with Crippen molar-refractivity contribution in [1.82, 2.24) is 13.9 Å². The molecule has 11 nitrogen and oxygen atoms in total. The van der Waals surface area contributed by atoms with Crippen LogP contribution in [0.15, 0.2) is 23.1 Å². The molecule has 2 heterocycles. The molecular formula is C18H27N3O8S2. The number of ether oxygens (including phenoxy) is 3. The van der Waals surface area contributed by atoms with E-state index in [9.17, 15) is 21.6 Å². The Morgan fingerprint density at radius 3 is 2.16 bits per heavy atom. The Bertz CT molecular complexity index is 985. The minimum Gasteiger partial charge on any atom is -0.496 e. The fraction of sp³-hybridized carbons (Fsp3) is 0.611. The molecule has 2 fully saturated rings. The van der Waals surface area contributed by atoms with E-state index in [0.717, 1.165) is 0 Å². The molecule has 31 heavy (non-hydrogen) atoms. The summed E-state index contributed by atoms with van der Waals surface area (Å²) in [7, 11) is -5.96. The van der Waals surface area contributed by atoms with Crippen LogP contribution in [0.5, 0.6) is 5.75 Å². The maximum atomic E-state index is 12.9. The Kier molecular flexibility index (Phi) is 7.88. The number of nitrogens with one attached hydrogen (secondary N) is 1. The van der Waals surface area contributed by atoms with Gasteiger partial charge in [0.2, 0.25) is 20.0 Å². The normalized spacial score (nSPS) is 19.1. The average Bonchev–Trinajstić information content (AvgIpc) is 2.79. The van der Waals surface area contributed by atoms with Crippen LogP contribution in [-0.2, 0) is 29.5 Å². The zero-order chi connectivity index (χ0) is 22.5. The lowest BCUT2D eigenvalue weighted by Gasteiger charge is -2.26. The molecule has 2 saturated heterocycles. The van der Waals surface area contributed by atoms with E-state index >= 15 is 0 Å². The third kappa shape index (κ3) is 5.73. The highest BCUT2D eigenvalue weighted by atomic mass is 32.2. The van der Waals surface area contributed by atoms with Gasteiger partial charge in [-0.05, 0) is 18.2 Å². The van der Waals surface area contributed by atoms with Gasteiger partial charge < -0.3 is 19.5 Å². The van der Waals surface area contributed by atoms with E-state index in [1.165, 1.54) is 33.9 Å². The van der Waals surface area contributed by atoms with Crippen molar-refractivity contribution in [2.45, 2.75) is 4.90 Å². The topological polar surface area (TPSA) is 132 Å². The lowest BCUT2D eigenvalue weighted by Crippen LogP contribution is -2.43. The predicted molar refractivity (Wildman–Crippen MR) is 111 cm³/mol. The van der Waals surface area contributed by atoms with Crippen molar-refractivity contribution in [1.29, 1.82) is 0 Å². The molecule has 2 aliphatic heterocycles. The minimum absolute atomic E-state index is 0.0144. The van der Waals surface area contributed by atoms with Crippen molar-refractivity contribution in [3.63, 3.8) is 0 Å². The van der Waals surface area contributed by atoms with Crippen LogP contribution in [0.4, 0.5) is 0 Å². The van der Waals surface area contributed by atoms with Crippen LogP contribution in [0, 0.1) is 0 Å². The number of nitrogens with zero attached hydrogens (tertiary/aromatic N) is 2. The summed E-state index contributed by atoms with van der Waals surface area (Å²) in [4.78, 5) is 12.7. The summed E-state index contributed by atoms with van der Waals surface area (Å²) in [5, 5.41) is 2.54. The zero-order valence-corrected chi connectivity index (χ0v) is 18.9. The Morgan fingerprint density at radius 2 is 1.58 bits per heavy atom. The fourth-order valence-corrected chi connectivity index (χ4v) is 6.06. The van der Waals surface area contributed by atoms with E-state index in [4.69, 9.17) is 14.2 Å². The number of methoxy groups -OCH3 is 1. The van der Waals surface area contributed by atoms with E-state index in [1.807, 2.05) is 0 Å². The molecule has 0 aromatic heterocycles. The second-order valence-electron chi connectivity index (χ2n) is 6.96. The molecular weight excluding hydrogens is 450 g/mol. The maximum absolute atomic E-state index is 12.9. The van der Waals surface area contributed by atoms with Gasteiger partial charge in [0.05, 0.1) is 49.7 Å². The number of hydrogen-bond donors (Lipinski definition) is 1. The molecule has 0 unspecified atom stereocenters. The monoisotopic (exact) mass is 477 g/mol. The van der Waals surface area contributed by atoms with E-state index in [-0.39, 0.29) is 54.7 Å². The molecule has 13 heteroatoms. The number of benzene rings is 1. The smallest absolute Gasteiger partial charge is 0.255 e. The molecule has 0 atom stereocenters. The van der Waals surface area contributed by atoms with Crippen LogP contribution >= 0.6 is 0 Å². The molecule has 0 spiro atoms. The molecule has 1 N–H and O–H groups in total. The quantitative estimate of drug-likeness (QED) is 0.510. The summed E-state index contributed by atoms with van der Waals surface area (Å²) in [5.41, 5.74) is 0.0144. The molecule has 3 rings (SSSR count). The van der Waals surface area contributed by atoms with Crippen molar-refractivity contribution in [3.8, 4) is 5.75 Å². The number of carbonyl (C=O) groups is 1. The summed E-state index contributed by atoms with van der Waals surface area (Å²) in [6, 6.07) is 4.03. The van der Waals surface area contributed by atoms with Crippen LogP contribution in [0.2, 0.25) is 0 Å². The Morgan fingerprint density at radius 1 is 1.00 bits per heavy atom. The first-order valence-electron chi connectivity index (χ1n) is 9.85. The third-order valence-electron chi connectivity index (χ3n) is 5.03. The lowest BCUT2D eigenvalue weighted by atomic mass is 10.2. The Balaban J connectivity index is 1.70. The maximum Gasteiger partial charge on any atom is 0.255 e. The number of sulfonamides is 2. The van der Waals surface area contributed by atoms with Gasteiger partial charge in [-0.1, -0.05) is 0 Å². The second-order valence-corrected chi connectivity index (χ2v) is 11.0. The number of carbonyl (C=O) groups excluding carboxylic acids is 1. The first-order valence-corrected chi connectivity index (χ1v) is 12.9. The van der Waals surface area contributed by atoms with Crippen molar-refractivity contribution in [2.24, 2.45) is 0 Å². The van der Waals surface area contributed by atoms with Gasteiger partial charge in [-0.25, -0.2) is 16.8 Å². The van der Waals surface area contributed by atoms with Crippen LogP contribution in [-0.4, -0.2) is 103 Å². The molecule has 0 bridgehead atoms. The van der Waals surface area contributed by atoms with Gasteiger partial charge in [0.15, 0.2) is 0 Å². The number of hydrogen-bond acceptors (Lipinski definition) is 8. The molecule has 1 aromatic carbocycles. The van der Waals surface area contributed by atoms with E-state index in [1.54, 1.807) is 0 Å². The van der Waals surface area contributed by atoms with E-state index < -0.39 is 26.0 Å². The highest BCUT2D eigenvalue weighted by Crippen LogP contribution is 2.25. The van der Waals surface area contributed by atoms with E-state index in [0.29, 0.717) is 26.4 Å². The average molecular weight is 478 g/mol. The van der Waals surface area contributed by atoms with Crippen LogP contribution in [0.25, 0.3) is 0 Å². The lowest BCUT2D eigenvalue weighted by molar-refractivity contribution is 0.0730. The first kappa shape index (κ1) is 23.9. The zero-order valence-electron chi connectivity index (χ0n) is 17.3. The summed E-state index contributed by atoms with van der Waals surface area (Å²) < 4.78 is 68.7. The highest BCUT2D eigenvalue weighted by Gasteiger charge is 2.28. The predicted octanol–water partition coefficient (Wildman–Crippen LogP) is -0.892. The largest absolute Gasteiger partial charge is 0.496 e. The van der Waals surface area contributed by atoms with Crippen LogP contribution < -0.4 is 10.1 Å². The van der Waals surface area contributed by atoms with Gasteiger partial charge in [0, 0.05) is 32.7 Å². The molecule has 174 valence electrons. The van der Waals surface area contributed by atoms with Gasteiger partial charge in [0.1, 0.15) is 5.75 Å². The molecule has 2 aliphatic rings. The second kappa shape index (κ2) is 10.2. The number of morpholine rings is 2. The number of amides is 1. The van der Waals surface area contributed by atoms with Crippen molar-refractivity contribution < 1.29 is 35.8 Å². The highest BCUT2D eigenvalue weighted by molar-refractivity contribution is 7.89. The SMILES string of the molecule is COc1ccc(S(=O)(=O)N2CCOCC2)cc1C(=O)NCCS(=O)(=O)N1CCOCC1. The van der Waals surface area contributed by atoms with E-state index in [2.05, 4.69) is 5.32 Å². The van der Waals surface area contributed by atoms with Crippen LogP contribution in [0.3, 0.4) is 0 Å². The van der Waals surface area contributed by atoms with Gasteiger partial charge in [-0.15, -0.1) is 0 Å². The first-order chi connectivity index (χ1) is 14.8. The summed E-state index contributed by atoms with van der Waals surface area (Å²) >= 11 is 0.